The molecule has 1 aromatic carbocycles. The van der Waals surface area contributed by atoms with Crippen molar-refractivity contribution in [2.45, 2.75) is 37.2 Å². The average Bonchev–Trinajstić information content (AvgIpc) is 2.80. The van der Waals surface area contributed by atoms with Crippen molar-refractivity contribution in [3.63, 3.8) is 0 Å². The molecule has 1 heterocycles. The van der Waals surface area contributed by atoms with Gasteiger partial charge in [-0.25, -0.2) is 12.8 Å². The SMILES string of the molecule is CNCc1cc(Cl)cc(S(=O)(=O)N2CCCC2C)c1F. The summed E-state index contributed by atoms with van der Waals surface area (Å²) in [5.74, 6) is -0.720. The summed E-state index contributed by atoms with van der Waals surface area (Å²) in [5, 5.41) is 3.03. The molecule has 1 atom stereocenters. The molecule has 1 aliphatic rings. The number of nitrogens with one attached hydrogen (secondary N) is 1. The minimum absolute atomic E-state index is 0.105. The van der Waals surface area contributed by atoms with E-state index in [1.165, 1.54) is 16.4 Å². The van der Waals surface area contributed by atoms with Gasteiger partial charge in [-0.05, 0) is 38.9 Å². The summed E-state index contributed by atoms with van der Waals surface area (Å²) in [6.07, 6.45) is 1.59. The van der Waals surface area contributed by atoms with Crippen molar-refractivity contribution < 1.29 is 12.8 Å². The number of nitrogens with zero attached hydrogens (tertiary/aromatic N) is 1. The standard InChI is InChI=1S/C13H18ClFN2O2S/c1-9-4-3-5-17(9)20(18,19)12-7-11(14)6-10(8-16-2)13(12)15/h6-7,9,16H,3-5,8H2,1-2H3. The molecule has 0 bridgehead atoms. The minimum atomic E-state index is -3.84. The Morgan fingerprint density at radius 2 is 2.20 bits per heavy atom. The van der Waals surface area contributed by atoms with E-state index in [9.17, 15) is 12.8 Å². The smallest absolute Gasteiger partial charge is 0.246 e. The highest BCUT2D eigenvalue weighted by Gasteiger charge is 2.35. The van der Waals surface area contributed by atoms with Gasteiger partial charge in [-0.15, -0.1) is 0 Å². The lowest BCUT2D eigenvalue weighted by molar-refractivity contribution is 0.404. The number of hydrogen-bond acceptors (Lipinski definition) is 3. The van der Waals surface area contributed by atoms with E-state index in [0.29, 0.717) is 6.54 Å². The molecule has 0 amide bonds. The van der Waals surface area contributed by atoms with E-state index in [1.807, 2.05) is 6.92 Å². The average molecular weight is 321 g/mol. The molecule has 1 fully saturated rings. The number of benzene rings is 1. The number of halogens is 2. The minimum Gasteiger partial charge on any atom is -0.316 e. The largest absolute Gasteiger partial charge is 0.316 e. The van der Waals surface area contributed by atoms with Crippen molar-refractivity contribution in [3.8, 4) is 0 Å². The highest BCUT2D eigenvalue weighted by atomic mass is 35.5. The molecule has 1 aliphatic heterocycles. The Bertz CT molecular complexity index is 607. The molecule has 4 nitrogen and oxygen atoms in total. The summed E-state index contributed by atoms with van der Waals surface area (Å²) < 4.78 is 40.9. The first-order valence-corrected chi connectivity index (χ1v) is 8.34. The molecule has 20 heavy (non-hydrogen) atoms. The van der Waals surface area contributed by atoms with Gasteiger partial charge in [-0.1, -0.05) is 11.6 Å². The van der Waals surface area contributed by atoms with Gasteiger partial charge in [-0.3, -0.25) is 0 Å². The summed E-state index contributed by atoms with van der Waals surface area (Å²) in [7, 11) is -2.17. The Labute approximate surface area is 124 Å². The zero-order chi connectivity index (χ0) is 14.9. The summed E-state index contributed by atoms with van der Waals surface area (Å²) in [6, 6.07) is 2.53. The van der Waals surface area contributed by atoms with Gasteiger partial charge in [0.2, 0.25) is 10.0 Å². The predicted molar refractivity (Wildman–Crippen MR) is 76.8 cm³/mol. The van der Waals surface area contributed by atoms with E-state index in [2.05, 4.69) is 5.32 Å². The Morgan fingerprint density at radius 1 is 1.50 bits per heavy atom. The first-order chi connectivity index (χ1) is 9.37. The molecule has 112 valence electrons. The van der Waals surface area contributed by atoms with Crippen molar-refractivity contribution in [1.82, 2.24) is 9.62 Å². The second-order valence-electron chi connectivity index (χ2n) is 5.01. The van der Waals surface area contributed by atoms with E-state index < -0.39 is 15.8 Å². The van der Waals surface area contributed by atoms with Crippen LogP contribution >= 0.6 is 11.6 Å². The monoisotopic (exact) mass is 320 g/mol. The van der Waals surface area contributed by atoms with Crippen LogP contribution in [0.1, 0.15) is 25.3 Å². The first-order valence-electron chi connectivity index (χ1n) is 6.52. The summed E-state index contributed by atoms with van der Waals surface area (Å²) in [6.45, 7) is 2.49. The fourth-order valence-corrected chi connectivity index (χ4v) is 4.66. The van der Waals surface area contributed by atoms with Crippen molar-refractivity contribution >= 4 is 21.6 Å². The molecule has 0 aromatic heterocycles. The second-order valence-corrected chi connectivity index (χ2v) is 7.31. The van der Waals surface area contributed by atoms with E-state index >= 15 is 0 Å². The lowest BCUT2D eigenvalue weighted by Crippen LogP contribution is -2.34. The zero-order valence-corrected chi connectivity index (χ0v) is 13.1. The maximum Gasteiger partial charge on any atom is 0.246 e. The van der Waals surface area contributed by atoms with Crippen LogP contribution in [0.25, 0.3) is 0 Å². The zero-order valence-electron chi connectivity index (χ0n) is 11.5. The molecular formula is C13H18ClFN2O2S. The highest BCUT2D eigenvalue weighted by Crippen LogP contribution is 2.30. The van der Waals surface area contributed by atoms with Gasteiger partial charge < -0.3 is 5.32 Å². The third-order valence-corrected chi connectivity index (χ3v) is 5.76. The molecule has 1 aromatic rings. The van der Waals surface area contributed by atoms with Crippen LogP contribution in [0.4, 0.5) is 4.39 Å². The Morgan fingerprint density at radius 3 is 2.75 bits per heavy atom. The van der Waals surface area contributed by atoms with E-state index in [4.69, 9.17) is 11.6 Å². The number of hydrogen-bond donors (Lipinski definition) is 1. The molecule has 7 heteroatoms. The van der Waals surface area contributed by atoms with E-state index in [-0.39, 0.29) is 28.1 Å². The molecular weight excluding hydrogens is 303 g/mol. The van der Waals surface area contributed by atoms with Gasteiger partial charge >= 0.3 is 0 Å². The van der Waals surface area contributed by atoms with Crippen molar-refractivity contribution in [3.05, 3.63) is 28.5 Å². The Balaban J connectivity index is 2.51. The van der Waals surface area contributed by atoms with E-state index in [0.717, 1.165) is 12.8 Å². The molecule has 1 saturated heterocycles. The maximum absolute atomic E-state index is 14.4. The van der Waals surface area contributed by atoms with Gasteiger partial charge in [-0.2, -0.15) is 4.31 Å². The molecule has 0 saturated carbocycles. The topological polar surface area (TPSA) is 49.4 Å². The summed E-state index contributed by atoms with van der Waals surface area (Å²) in [4.78, 5) is -0.330. The van der Waals surface area contributed by atoms with Crippen LogP contribution in [-0.2, 0) is 16.6 Å². The normalized spacial score (nSPS) is 20.5. The van der Waals surface area contributed by atoms with Gasteiger partial charge in [0, 0.05) is 29.7 Å². The molecule has 2 rings (SSSR count). The molecule has 0 spiro atoms. The predicted octanol–water partition coefficient (Wildman–Crippen LogP) is 2.37. The first kappa shape index (κ1) is 15.7. The van der Waals surface area contributed by atoms with Crippen LogP contribution in [0.2, 0.25) is 5.02 Å². The van der Waals surface area contributed by atoms with Crippen LogP contribution in [0.3, 0.4) is 0 Å². The molecule has 1 N–H and O–H groups in total. The third-order valence-electron chi connectivity index (χ3n) is 3.53. The number of rotatable bonds is 4. The third kappa shape index (κ3) is 2.83. The van der Waals surface area contributed by atoms with Gasteiger partial charge in [0.05, 0.1) is 0 Å². The lowest BCUT2D eigenvalue weighted by Gasteiger charge is -2.22. The Hall–Kier alpha value is -0.690. The van der Waals surface area contributed by atoms with Crippen LogP contribution in [-0.4, -0.2) is 32.4 Å². The molecule has 0 radical (unpaired) electrons. The Kier molecular flexibility index (Phi) is 4.69. The van der Waals surface area contributed by atoms with Crippen LogP contribution in [0.5, 0.6) is 0 Å². The van der Waals surface area contributed by atoms with Crippen molar-refractivity contribution in [2.75, 3.05) is 13.6 Å². The van der Waals surface area contributed by atoms with Crippen LogP contribution < -0.4 is 5.32 Å². The summed E-state index contributed by atoms with van der Waals surface area (Å²) in [5.41, 5.74) is 0.255. The van der Waals surface area contributed by atoms with Gasteiger partial charge in [0.25, 0.3) is 0 Å². The molecule has 1 unspecified atom stereocenters. The molecule has 0 aliphatic carbocycles. The quantitative estimate of drug-likeness (QED) is 0.926. The highest BCUT2D eigenvalue weighted by molar-refractivity contribution is 7.89. The fourth-order valence-electron chi connectivity index (χ4n) is 2.52. The van der Waals surface area contributed by atoms with E-state index in [1.54, 1.807) is 7.05 Å². The fraction of sp³-hybridized carbons (Fsp3) is 0.538. The second kappa shape index (κ2) is 5.97. The van der Waals surface area contributed by atoms with Gasteiger partial charge in [0.1, 0.15) is 10.7 Å². The van der Waals surface area contributed by atoms with Crippen LogP contribution in [0, 0.1) is 5.82 Å². The number of sulfonamides is 1. The van der Waals surface area contributed by atoms with Crippen molar-refractivity contribution in [2.24, 2.45) is 0 Å². The van der Waals surface area contributed by atoms with Gasteiger partial charge in [0.15, 0.2) is 0 Å². The lowest BCUT2D eigenvalue weighted by atomic mass is 10.2. The van der Waals surface area contributed by atoms with Crippen molar-refractivity contribution in [1.29, 1.82) is 0 Å². The summed E-state index contributed by atoms with van der Waals surface area (Å²) >= 11 is 5.93. The maximum atomic E-state index is 14.4. The van der Waals surface area contributed by atoms with Crippen LogP contribution in [0.15, 0.2) is 17.0 Å².